The Morgan fingerprint density at radius 2 is 2.27 bits per heavy atom. The Bertz CT molecular complexity index is 359. The molecular weight excluding hydrogens is 188 g/mol. The molecule has 0 aromatic carbocycles. The van der Waals surface area contributed by atoms with Crippen LogP contribution in [0.4, 0.5) is 0 Å². The Kier molecular flexibility index (Phi) is 2.65. The predicted octanol–water partition coefficient (Wildman–Crippen LogP) is 1.68. The van der Waals surface area contributed by atoms with Crippen LogP contribution in [0.1, 0.15) is 24.0 Å². The highest BCUT2D eigenvalue weighted by Gasteiger charge is 2.41. The number of pyridine rings is 1. The third kappa shape index (κ3) is 2.12. The minimum atomic E-state index is 0.378. The van der Waals surface area contributed by atoms with E-state index in [0.717, 1.165) is 24.4 Å². The van der Waals surface area contributed by atoms with Crippen molar-refractivity contribution < 1.29 is 4.74 Å². The third-order valence-electron chi connectivity index (χ3n) is 3.25. The molecule has 82 valence electrons. The summed E-state index contributed by atoms with van der Waals surface area (Å²) in [5, 5.41) is 0. The van der Waals surface area contributed by atoms with Crippen molar-refractivity contribution in [2.24, 2.45) is 11.1 Å². The molecule has 1 fully saturated rings. The fraction of sp³-hybridized carbons (Fsp3) is 0.583. The van der Waals surface area contributed by atoms with E-state index in [9.17, 15) is 0 Å². The maximum atomic E-state index is 5.77. The number of aryl methyl sites for hydroxylation is 1. The van der Waals surface area contributed by atoms with E-state index >= 15 is 0 Å². The van der Waals surface area contributed by atoms with Gasteiger partial charge in [-0.1, -0.05) is 0 Å². The van der Waals surface area contributed by atoms with Gasteiger partial charge in [0.2, 0.25) is 5.88 Å². The largest absolute Gasteiger partial charge is 0.481 e. The van der Waals surface area contributed by atoms with Crippen molar-refractivity contribution in [3.8, 4) is 5.88 Å². The molecule has 15 heavy (non-hydrogen) atoms. The zero-order valence-electron chi connectivity index (χ0n) is 9.42. The summed E-state index contributed by atoms with van der Waals surface area (Å²) in [6.07, 6.45) is 5.48. The molecule has 1 saturated carbocycles. The third-order valence-corrected chi connectivity index (χ3v) is 3.25. The Labute approximate surface area is 90.7 Å². The van der Waals surface area contributed by atoms with Crippen molar-refractivity contribution in [2.45, 2.75) is 26.2 Å². The van der Waals surface area contributed by atoms with E-state index in [-0.39, 0.29) is 0 Å². The Balaban J connectivity index is 2.13. The summed E-state index contributed by atoms with van der Waals surface area (Å²) in [6.45, 7) is 2.81. The maximum Gasteiger partial charge on any atom is 0.215 e. The second-order valence-corrected chi connectivity index (χ2v) is 4.55. The van der Waals surface area contributed by atoms with E-state index in [0.29, 0.717) is 5.41 Å². The van der Waals surface area contributed by atoms with Crippen LogP contribution in [0.2, 0.25) is 0 Å². The first kappa shape index (κ1) is 10.4. The lowest BCUT2D eigenvalue weighted by Gasteiger charge is -2.12. The van der Waals surface area contributed by atoms with Crippen molar-refractivity contribution in [1.82, 2.24) is 4.98 Å². The van der Waals surface area contributed by atoms with Crippen LogP contribution in [0.25, 0.3) is 0 Å². The highest BCUT2D eigenvalue weighted by atomic mass is 16.5. The summed E-state index contributed by atoms with van der Waals surface area (Å²) >= 11 is 0. The Morgan fingerprint density at radius 1 is 1.53 bits per heavy atom. The van der Waals surface area contributed by atoms with Crippen LogP contribution in [0, 0.1) is 12.3 Å². The number of methoxy groups -OCH3 is 1. The van der Waals surface area contributed by atoms with Crippen LogP contribution in [0.5, 0.6) is 5.88 Å². The average molecular weight is 206 g/mol. The van der Waals surface area contributed by atoms with Crippen LogP contribution in [-0.4, -0.2) is 18.6 Å². The summed E-state index contributed by atoms with van der Waals surface area (Å²) in [5.41, 5.74) is 8.52. The lowest BCUT2D eigenvalue weighted by atomic mass is 9.97. The van der Waals surface area contributed by atoms with Gasteiger partial charge in [-0.3, -0.25) is 0 Å². The Hall–Kier alpha value is -1.09. The molecule has 1 aromatic heterocycles. The average Bonchev–Trinajstić information content (AvgIpc) is 2.99. The zero-order valence-corrected chi connectivity index (χ0v) is 9.42. The normalized spacial score (nSPS) is 17.5. The minimum Gasteiger partial charge on any atom is -0.481 e. The molecule has 3 heteroatoms. The van der Waals surface area contributed by atoms with Crippen LogP contribution in [-0.2, 0) is 6.42 Å². The second kappa shape index (κ2) is 3.81. The van der Waals surface area contributed by atoms with E-state index in [1.54, 1.807) is 7.11 Å². The monoisotopic (exact) mass is 206 g/mol. The fourth-order valence-electron chi connectivity index (χ4n) is 1.99. The van der Waals surface area contributed by atoms with Gasteiger partial charge in [0, 0.05) is 11.8 Å². The number of hydrogen-bond acceptors (Lipinski definition) is 3. The van der Waals surface area contributed by atoms with Crippen LogP contribution in [0.3, 0.4) is 0 Å². The van der Waals surface area contributed by atoms with Crippen LogP contribution >= 0.6 is 0 Å². The smallest absolute Gasteiger partial charge is 0.215 e. The van der Waals surface area contributed by atoms with E-state index in [4.69, 9.17) is 10.5 Å². The topological polar surface area (TPSA) is 48.1 Å². The highest BCUT2D eigenvalue weighted by molar-refractivity contribution is 5.29. The second-order valence-electron chi connectivity index (χ2n) is 4.55. The number of aromatic nitrogens is 1. The summed E-state index contributed by atoms with van der Waals surface area (Å²) < 4.78 is 5.14. The molecule has 0 bridgehead atoms. The summed E-state index contributed by atoms with van der Waals surface area (Å²) in [5.74, 6) is 0.719. The van der Waals surface area contributed by atoms with Gasteiger partial charge in [-0.25, -0.2) is 4.98 Å². The first-order chi connectivity index (χ1) is 7.19. The van der Waals surface area contributed by atoms with Crippen LogP contribution in [0.15, 0.2) is 12.3 Å². The number of rotatable bonds is 4. The number of hydrogen-bond donors (Lipinski definition) is 1. The molecule has 0 saturated heterocycles. The molecule has 1 aromatic rings. The number of nitrogens with zero attached hydrogens (tertiary/aromatic N) is 1. The molecule has 3 nitrogen and oxygen atoms in total. The summed E-state index contributed by atoms with van der Waals surface area (Å²) in [7, 11) is 1.65. The lowest BCUT2D eigenvalue weighted by molar-refractivity contribution is 0.393. The fourth-order valence-corrected chi connectivity index (χ4v) is 1.99. The number of nitrogens with two attached hydrogens (primary N) is 1. The molecule has 0 radical (unpaired) electrons. The highest BCUT2D eigenvalue weighted by Crippen LogP contribution is 2.47. The van der Waals surface area contributed by atoms with Crippen molar-refractivity contribution in [2.75, 3.05) is 13.7 Å². The molecule has 0 atom stereocenters. The first-order valence-corrected chi connectivity index (χ1v) is 5.39. The van der Waals surface area contributed by atoms with Gasteiger partial charge in [0.15, 0.2) is 0 Å². The van der Waals surface area contributed by atoms with E-state index in [2.05, 4.69) is 11.1 Å². The Morgan fingerprint density at radius 3 is 2.73 bits per heavy atom. The van der Waals surface area contributed by atoms with Gasteiger partial charge in [0.25, 0.3) is 0 Å². The summed E-state index contributed by atoms with van der Waals surface area (Å²) in [6, 6.07) is 2.15. The van der Waals surface area contributed by atoms with Gasteiger partial charge >= 0.3 is 0 Å². The quantitative estimate of drug-likeness (QED) is 0.815. The van der Waals surface area contributed by atoms with Crippen molar-refractivity contribution in [3.05, 3.63) is 23.4 Å². The van der Waals surface area contributed by atoms with E-state index in [1.807, 2.05) is 13.1 Å². The molecule has 0 spiro atoms. The molecule has 0 unspecified atom stereocenters. The predicted molar refractivity (Wildman–Crippen MR) is 60.0 cm³/mol. The summed E-state index contributed by atoms with van der Waals surface area (Å²) in [4.78, 5) is 4.28. The molecule has 0 aliphatic heterocycles. The molecule has 2 N–H and O–H groups in total. The molecule has 1 aliphatic rings. The first-order valence-electron chi connectivity index (χ1n) is 5.39. The molecule has 1 heterocycles. The minimum absolute atomic E-state index is 0.378. The van der Waals surface area contributed by atoms with E-state index < -0.39 is 0 Å². The molecule has 1 aliphatic carbocycles. The van der Waals surface area contributed by atoms with Gasteiger partial charge in [0.1, 0.15) is 0 Å². The zero-order chi connectivity index (χ0) is 10.9. The number of ether oxygens (including phenoxy) is 1. The van der Waals surface area contributed by atoms with Gasteiger partial charge < -0.3 is 10.5 Å². The van der Waals surface area contributed by atoms with Crippen molar-refractivity contribution in [1.29, 1.82) is 0 Å². The van der Waals surface area contributed by atoms with Gasteiger partial charge in [-0.05, 0) is 49.8 Å². The van der Waals surface area contributed by atoms with Crippen molar-refractivity contribution >= 4 is 0 Å². The molecule has 2 rings (SSSR count). The van der Waals surface area contributed by atoms with Gasteiger partial charge in [-0.15, -0.1) is 0 Å². The SMILES string of the molecule is COc1ncc(CC2(CN)CC2)cc1C. The maximum absolute atomic E-state index is 5.77. The van der Waals surface area contributed by atoms with E-state index in [1.165, 1.54) is 18.4 Å². The van der Waals surface area contributed by atoms with Gasteiger partial charge in [0.05, 0.1) is 7.11 Å². The van der Waals surface area contributed by atoms with Crippen molar-refractivity contribution in [3.63, 3.8) is 0 Å². The molecule has 0 amide bonds. The lowest BCUT2D eigenvalue weighted by Crippen LogP contribution is -2.18. The standard InChI is InChI=1S/C12H18N2O/c1-9-5-10(7-14-11(9)15-2)6-12(8-13)3-4-12/h5,7H,3-4,6,8,13H2,1-2H3. The van der Waals surface area contributed by atoms with Crippen LogP contribution < -0.4 is 10.5 Å². The van der Waals surface area contributed by atoms with Gasteiger partial charge in [-0.2, -0.15) is 0 Å². The molecular formula is C12H18N2O.